The Morgan fingerprint density at radius 3 is 2.23 bits per heavy atom. The van der Waals surface area contributed by atoms with Crippen molar-refractivity contribution in [2.24, 2.45) is 0 Å². The number of hydrogen-bond acceptors (Lipinski definition) is 2. The van der Waals surface area contributed by atoms with Crippen molar-refractivity contribution < 1.29 is 0 Å². The summed E-state index contributed by atoms with van der Waals surface area (Å²) in [6, 6.07) is 0.549. The Morgan fingerprint density at radius 1 is 1.31 bits per heavy atom. The Hall–Kier alpha value is -0.340. The van der Waals surface area contributed by atoms with Gasteiger partial charge in [0.2, 0.25) is 0 Å². The molecule has 0 aliphatic heterocycles. The van der Waals surface area contributed by atoms with Crippen LogP contribution in [-0.2, 0) is 0 Å². The standard InChI is InChI=1S/C11H24N2/c1-6-13(7-2)9-11(5)8-12-10(3)4/h10,12H,5-9H2,1-4H3. The molecule has 0 radical (unpaired) electrons. The first-order valence-electron chi connectivity index (χ1n) is 5.22. The van der Waals surface area contributed by atoms with Crippen LogP contribution in [0.1, 0.15) is 27.7 Å². The van der Waals surface area contributed by atoms with E-state index in [9.17, 15) is 0 Å². The summed E-state index contributed by atoms with van der Waals surface area (Å²) in [6.07, 6.45) is 0. The van der Waals surface area contributed by atoms with E-state index >= 15 is 0 Å². The van der Waals surface area contributed by atoms with Gasteiger partial charge in [-0.1, -0.05) is 34.3 Å². The maximum Gasteiger partial charge on any atom is 0.0202 e. The van der Waals surface area contributed by atoms with Gasteiger partial charge >= 0.3 is 0 Å². The van der Waals surface area contributed by atoms with Gasteiger partial charge in [-0.05, 0) is 18.7 Å². The molecule has 0 rings (SSSR count). The van der Waals surface area contributed by atoms with E-state index in [0.717, 1.165) is 26.2 Å². The Bertz CT molecular complexity index is 137. The molecule has 0 bridgehead atoms. The molecular weight excluding hydrogens is 160 g/mol. The van der Waals surface area contributed by atoms with E-state index in [1.54, 1.807) is 0 Å². The number of nitrogens with zero attached hydrogens (tertiary/aromatic N) is 1. The first kappa shape index (κ1) is 12.7. The molecule has 1 N–H and O–H groups in total. The van der Waals surface area contributed by atoms with Crippen molar-refractivity contribution in [3.8, 4) is 0 Å². The SMILES string of the molecule is C=C(CNC(C)C)CN(CC)CC. The fourth-order valence-electron chi connectivity index (χ4n) is 1.17. The highest BCUT2D eigenvalue weighted by Crippen LogP contribution is 1.95. The third-order valence-electron chi connectivity index (χ3n) is 2.10. The Balaban J connectivity index is 3.60. The average molecular weight is 184 g/mol. The fraction of sp³-hybridized carbons (Fsp3) is 0.818. The van der Waals surface area contributed by atoms with Gasteiger partial charge in [-0.2, -0.15) is 0 Å². The van der Waals surface area contributed by atoms with E-state index in [0.29, 0.717) is 6.04 Å². The smallest absolute Gasteiger partial charge is 0.0202 e. The van der Waals surface area contributed by atoms with Crippen molar-refractivity contribution in [2.45, 2.75) is 33.7 Å². The number of rotatable bonds is 7. The highest BCUT2D eigenvalue weighted by atomic mass is 15.1. The molecule has 0 unspecified atom stereocenters. The van der Waals surface area contributed by atoms with Crippen LogP contribution in [0.25, 0.3) is 0 Å². The number of hydrogen-bond donors (Lipinski definition) is 1. The van der Waals surface area contributed by atoms with Gasteiger partial charge in [-0.15, -0.1) is 0 Å². The fourth-order valence-corrected chi connectivity index (χ4v) is 1.17. The molecule has 13 heavy (non-hydrogen) atoms. The first-order valence-corrected chi connectivity index (χ1v) is 5.22. The molecule has 0 aliphatic rings. The summed E-state index contributed by atoms with van der Waals surface area (Å²) in [6.45, 7) is 16.9. The number of nitrogens with one attached hydrogen (secondary N) is 1. The zero-order valence-corrected chi connectivity index (χ0v) is 9.56. The molecule has 0 aromatic heterocycles. The second-order valence-electron chi connectivity index (χ2n) is 3.75. The normalized spacial score (nSPS) is 11.2. The minimum absolute atomic E-state index is 0.549. The lowest BCUT2D eigenvalue weighted by atomic mass is 10.2. The van der Waals surface area contributed by atoms with Crippen LogP contribution in [0.4, 0.5) is 0 Å². The van der Waals surface area contributed by atoms with Gasteiger partial charge in [-0.25, -0.2) is 0 Å². The van der Waals surface area contributed by atoms with Gasteiger partial charge in [0.1, 0.15) is 0 Å². The summed E-state index contributed by atoms with van der Waals surface area (Å²) >= 11 is 0. The molecule has 0 aliphatic carbocycles. The van der Waals surface area contributed by atoms with E-state index < -0.39 is 0 Å². The molecule has 0 aromatic rings. The Morgan fingerprint density at radius 2 is 1.85 bits per heavy atom. The molecule has 0 atom stereocenters. The number of likely N-dealkylation sites (N-methyl/N-ethyl adjacent to an activating group) is 1. The van der Waals surface area contributed by atoms with Gasteiger partial charge in [0.15, 0.2) is 0 Å². The van der Waals surface area contributed by atoms with Crippen LogP contribution >= 0.6 is 0 Å². The van der Waals surface area contributed by atoms with E-state index in [4.69, 9.17) is 0 Å². The van der Waals surface area contributed by atoms with Gasteiger partial charge in [0.25, 0.3) is 0 Å². The molecule has 0 fully saturated rings. The summed E-state index contributed by atoms with van der Waals surface area (Å²) < 4.78 is 0. The molecule has 0 amide bonds. The molecule has 0 saturated carbocycles. The molecular formula is C11H24N2. The third-order valence-corrected chi connectivity index (χ3v) is 2.10. The lowest BCUT2D eigenvalue weighted by molar-refractivity contribution is 0.326. The van der Waals surface area contributed by atoms with Crippen LogP contribution in [0.15, 0.2) is 12.2 Å². The van der Waals surface area contributed by atoms with Crippen LogP contribution in [0.3, 0.4) is 0 Å². The quantitative estimate of drug-likeness (QED) is 0.608. The van der Waals surface area contributed by atoms with Crippen molar-refractivity contribution >= 4 is 0 Å². The van der Waals surface area contributed by atoms with Crippen molar-refractivity contribution in [1.82, 2.24) is 10.2 Å². The maximum absolute atomic E-state index is 4.06. The Labute approximate surface area is 83.0 Å². The van der Waals surface area contributed by atoms with Crippen LogP contribution in [0.5, 0.6) is 0 Å². The summed E-state index contributed by atoms with van der Waals surface area (Å²) in [7, 11) is 0. The third kappa shape index (κ3) is 6.79. The summed E-state index contributed by atoms with van der Waals surface area (Å²) in [4.78, 5) is 2.38. The summed E-state index contributed by atoms with van der Waals surface area (Å²) in [5.74, 6) is 0. The van der Waals surface area contributed by atoms with Crippen molar-refractivity contribution in [3.05, 3.63) is 12.2 Å². The van der Waals surface area contributed by atoms with Crippen LogP contribution < -0.4 is 5.32 Å². The Kier molecular flexibility index (Phi) is 6.92. The second-order valence-corrected chi connectivity index (χ2v) is 3.75. The summed E-state index contributed by atoms with van der Waals surface area (Å²) in [5, 5.41) is 3.37. The lowest BCUT2D eigenvalue weighted by Crippen LogP contribution is -2.31. The molecule has 0 heterocycles. The maximum atomic E-state index is 4.06. The minimum atomic E-state index is 0.549. The van der Waals surface area contributed by atoms with Crippen LogP contribution in [-0.4, -0.2) is 37.1 Å². The molecule has 0 spiro atoms. The van der Waals surface area contributed by atoms with Gasteiger partial charge in [0, 0.05) is 19.1 Å². The zero-order chi connectivity index (χ0) is 10.3. The highest BCUT2D eigenvalue weighted by molar-refractivity contribution is 4.99. The lowest BCUT2D eigenvalue weighted by Gasteiger charge is -2.20. The summed E-state index contributed by atoms with van der Waals surface area (Å²) in [5.41, 5.74) is 1.28. The molecule has 0 saturated heterocycles. The largest absolute Gasteiger partial charge is 0.311 e. The molecule has 2 heteroatoms. The van der Waals surface area contributed by atoms with Gasteiger partial charge in [0.05, 0.1) is 0 Å². The zero-order valence-electron chi connectivity index (χ0n) is 9.56. The van der Waals surface area contributed by atoms with Gasteiger partial charge < -0.3 is 5.32 Å². The molecule has 78 valence electrons. The first-order chi connectivity index (χ1) is 6.10. The molecule has 2 nitrogen and oxygen atoms in total. The van der Waals surface area contributed by atoms with Crippen molar-refractivity contribution in [1.29, 1.82) is 0 Å². The van der Waals surface area contributed by atoms with Crippen LogP contribution in [0.2, 0.25) is 0 Å². The van der Waals surface area contributed by atoms with Crippen LogP contribution in [0, 0.1) is 0 Å². The molecule has 0 aromatic carbocycles. The minimum Gasteiger partial charge on any atom is -0.311 e. The van der Waals surface area contributed by atoms with Crippen molar-refractivity contribution in [3.63, 3.8) is 0 Å². The van der Waals surface area contributed by atoms with E-state index in [-0.39, 0.29) is 0 Å². The monoisotopic (exact) mass is 184 g/mol. The predicted octanol–water partition coefficient (Wildman–Crippen LogP) is 1.88. The van der Waals surface area contributed by atoms with E-state index in [1.165, 1.54) is 5.57 Å². The average Bonchev–Trinajstić information content (AvgIpc) is 2.10. The second kappa shape index (κ2) is 7.10. The highest BCUT2D eigenvalue weighted by Gasteiger charge is 2.01. The predicted molar refractivity (Wildman–Crippen MR) is 60.1 cm³/mol. The van der Waals surface area contributed by atoms with E-state index in [2.05, 4.69) is 44.5 Å². The topological polar surface area (TPSA) is 15.3 Å². The van der Waals surface area contributed by atoms with Crippen molar-refractivity contribution in [2.75, 3.05) is 26.2 Å². The van der Waals surface area contributed by atoms with Gasteiger partial charge in [-0.3, -0.25) is 4.90 Å². The van der Waals surface area contributed by atoms with E-state index in [1.807, 2.05) is 0 Å².